The van der Waals surface area contributed by atoms with Crippen molar-refractivity contribution in [3.63, 3.8) is 0 Å². The van der Waals surface area contributed by atoms with Crippen LogP contribution in [0.3, 0.4) is 0 Å². The maximum Gasteiger partial charge on any atom is 0.340 e. The van der Waals surface area contributed by atoms with E-state index in [0.29, 0.717) is 22.1 Å². The molecular weight excluding hydrogens is 428 g/mol. The molecule has 0 atom stereocenters. The molecule has 1 aliphatic heterocycles. The monoisotopic (exact) mass is 450 g/mol. The number of methoxy groups -OCH3 is 1. The van der Waals surface area contributed by atoms with Crippen molar-refractivity contribution in [2.24, 2.45) is 0 Å². The van der Waals surface area contributed by atoms with Gasteiger partial charge in [0.15, 0.2) is 0 Å². The SMILES string of the molecule is COC(=O)C1=C(C)N(Cc2ccco2)C(=O)C1=Cc1cc(C)n(-c2ccccc2Cl)c1C. The van der Waals surface area contributed by atoms with Gasteiger partial charge in [0.2, 0.25) is 0 Å². The van der Waals surface area contributed by atoms with Crippen molar-refractivity contribution in [3.8, 4) is 5.69 Å². The van der Waals surface area contributed by atoms with E-state index in [1.165, 1.54) is 12.0 Å². The van der Waals surface area contributed by atoms with E-state index in [1.807, 2.05) is 48.7 Å². The van der Waals surface area contributed by atoms with E-state index in [2.05, 4.69) is 0 Å². The van der Waals surface area contributed by atoms with E-state index in [4.69, 9.17) is 20.8 Å². The van der Waals surface area contributed by atoms with Crippen LogP contribution in [0.15, 0.2) is 70.0 Å². The number of nitrogens with zero attached hydrogens (tertiary/aromatic N) is 2. The number of aromatic nitrogens is 1. The summed E-state index contributed by atoms with van der Waals surface area (Å²) in [6.45, 7) is 5.90. The third-order valence-electron chi connectivity index (χ3n) is 5.66. The number of furan rings is 1. The van der Waals surface area contributed by atoms with E-state index in [1.54, 1.807) is 31.4 Å². The molecule has 0 N–H and O–H groups in total. The zero-order valence-electron chi connectivity index (χ0n) is 18.3. The summed E-state index contributed by atoms with van der Waals surface area (Å²) >= 11 is 6.42. The Kier molecular flexibility index (Phi) is 5.80. The van der Waals surface area contributed by atoms with Crippen LogP contribution in [-0.4, -0.2) is 28.5 Å². The molecule has 1 aliphatic rings. The Morgan fingerprint density at radius 1 is 1.16 bits per heavy atom. The highest BCUT2D eigenvalue weighted by Crippen LogP contribution is 2.34. The minimum Gasteiger partial charge on any atom is -0.467 e. The van der Waals surface area contributed by atoms with Gasteiger partial charge >= 0.3 is 5.97 Å². The molecule has 4 rings (SSSR count). The third kappa shape index (κ3) is 3.67. The Bertz CT molecular complexity index is 1270. The number of ether oxygens (including phenoxy) is 1. The van der Waals surface area contributed by atoms with Crippen molar-refractivity contribution in [2.45, 2.75) is 27.3 Å². The Balaban J connectivity index is 1.81. The Morgan fingerprint density at radius 2 is 1.91 bits per heavy atom. The number of carbonyl (C=O) groups is 2. The average molecular weight is 451 g/mol. The van der Waals surface area contributed by atoms with Crippen LogP contribution in [0.4, 0.5) is 0 Å². The number of benzene rings is 1. The number of esters is 1. The number of aryl methyl sites for hydroxylation is 1. The first-order valence-electron chi connectivity index (χ1n) is 10.1. The summed E-state index contributed by atoms with van der Waals surface area (Å²) in [7, 11) is 1.31. The molecule has 0 unspecified atom stereocenters. The molecular formula is C25H23ClN2O4. The van der Waals surface area contributed by atoms with Gasteiger partial charge in [-0.25, -0.2) is 4.79 Å². The zero-order valence-corrected chi connectivity index (χ0v) is 19.1. The van der Waals surface area contributed by atoms with Crippen LogP contribution in [0.2, 0.25) is 5.02 Å². The minimum atomic E-state index is -0.552. The van der Waals surface area contributed by atoms with Crippen molar-refractivity contribution in [1.29, 1.82) is 0 Å². The van der Waals surface area contributed by atoms with Gasteiger partial charge in [-0.2, -0.15) is 0 Å². The number of carbonyl (C=O) groups excluding carboxylic acids is 2. The number of para-hydroxylation sites is 1. The molecule has 3 aromatic rings. The highest BCUT2D eigenvalue weighted by atomic mass is 35.5. The van der Waals surface area contributed by atoms with Crippen LogP contribution >= 0.6 is 11.6 Å². The first-order valence-corrected chi connectivity index (χ1v) is 10.5. The van der Waals surface area contributed by atoms with Crippen LogP contribution in [-0.2, 0) is 20.9 Å². The molecule has 7 heteroatoms. The van der Waals surface area contributed by atoms with E-state index >= 15 is 0 Å². The van der Waals surface area contributed by atoms with Crippen molar-refractivity contribution in [3.05, 3.63) is 93.3 Å². The first-order chi connectivity index (χ1) is 15.3. The topological polar surface area (TPSA) is 64.7 Å². The van der Waals surface area contributed by atoms with Gasteiger partial charge in [-0.05, 0) is 62.7 Å². The molecule has 6 nitrogen and oxygen atoms in total. The average Bonchev–Trinajstić information content (AvgIpc) is 3.44. The largest absolute Gasteiger partial charge is 0.467 e. The molecule has 0 aliphatic carbocycles. The molecule has 0 radical (unpaired) electrons. The third-order valence-corrected chi connectivity index (χ3v) is 5.98. The van der Waals surface area contributed by atoms with Gasteiger partial charge < -0.3 is 18.6 Å². The molecule has 1 aromatic carbocycles. The number of halogens is 1. The second-order valence-corrected chi connectivity index (χ2v) is 8.00. The van der Waals surface area contributed by atoms with E-state index in [9.17, 15) is 9.59 Å². The van der Waals surface area contributed by atoms with Gasteiger partial charge in [0.05, 0.1) is 41.8 Å². The summed E-state index contributed by atoms with van der Waals surface area (Å²) < 4.78 is 12.4. The Labute approximate surface area is 191 Å². The van der Waals surface area contributed by atoms with Crippen LogP contribution in [0.5, 0.6) is 0 Å². The molecule has 0 spiro atoms. The summed E-state index contributed by atoms with van der Waals surface area (Å²) in [5.74, 6) is -0.203. The molecule has 3 heterocycles. The highest BCUT2D eigenvalue weighted by Gasteiger charge is 2.37. The quantitative estimate of drug-likeness (QED) is 0.395. The lowest BCUT2D eigenvalue weighted by atomic mass is 10.0. The zero-order chi connectivity index (χ0) is 23.0. The summed E-state index contributed by atoms with van der Waals surface area (Å²) in [5, 5.41) is 0.626. The van der Waals surface area contributed by atoms with E-state index in [0.717, 1.165) is 22.6 Å². The number of hydrogen-bond acceptors (Lipinski definition) is 4. The van der Waals surface area contributed by atoms with Gasteiger partial charge in [-0.15, -0.1) is 0 Å². The predicted octanol–water partition coefficient (Wildman–Crippen LogP) is 5.21. The summed E-state index contributed by atoms with van der Waals surface area (Å²) in [4.78, 5) is 27.5. The summed E-state index contributed by atoms with van der Waals surface area (Å²) in [6.07, 6.45) is 3.30. The Hall–Kier alpha value is -3.51. The molecule has 32 heavy (non-hydrogen) atoms. The molecule has 0 fully saturated rings. The molecule has 164 valence electrons. The molecule has 1 amide bonds. The number of rotatable bonds is 5. The van der Waals surface area contributed by atoms with Crippen molar-refractivity contribution < 1.29 is 18.7 Å². The smallest absolute Gasteiger partial charge is 0.340 e. The fraction of sp³-hybridized carbons (Fsp3) is 0.200. The number of allylic oxidation sites excluding steroid dienone is 1. The second kappa shape index (κ2) is 8.55. The number of hydrogen-bond donors (Lipinski definition) is 0. The fourth-order valence-corrected chi connectivity index (χ4v) is 4.29. The second-order valence-electron chi connectivity index (χ2n) is 7.59. The van der Waals surface area contributed by atoms with Crippen molar-refractivity contribution in [2.75, 3.05) is 7.11 Å². The van der Waals surface area contributed by atoms with Crippen LogP contribution in [0, 0.1) is 13.8 Å². The number of amides is 1. The maximum absolute atomic E-state index is 13.3. The molecule has 0 saturated heterocycles. The lowest BCUT2D eigenvalue weighted by Crippen LogP contribution is -2.24. The molecule has 0 saturated carbocycles. The first kappa shape index (κ1) is 21.7. The van der Waals surface area contributed by atoms with Crippen LogP contribution in [0.1, 0.15) is 29.6 Å². The fourth-order valence-electron chi connectivity index (χ4n) is 4.07. The van der Waals surface area contributed by atoms with Crippen LogP contribution in [0.25, 0.3) is 11.8 Å². The maximum atomic E-state index is 13.3. The standard InChI is InChI=1S/C25H23ClN2O4/c1-15-12-18(16(2)28(15)22-10-6-5-9-21(22)26)13-20-23(25(30)31-4)17(3)27(24(20)29)14-19-8-7-11-32-19/h5-13H,14H2,1-4H3. The van der Waals surface area contributed by atoms with Crippen molar-refractivity contribution in [1.82, 2.24) is 9.47 Å². The highest BCUT2D eigenvalue weighted by molar-refractivity contribution is 6.32. The molecule has 0 bridgehead atoms. The summed E-state index contributed by atoms with van der Waals surface area (Å²) in [5.41, 5.74) is 4.62. The van der Waals surface area contributed by atoms with Crippen molar-refractivity contribution >= 4 is 29.6 Å². The van der Waals surface area contributed by atoms with E-state index < -0.39 is 5.97 Å². The summed E-state index contributed by atoms with van der Waals surface area (Å²) in [6, 6.07) is 13.1. The van der Waals surface area contributed by atoms with E-state index in [-0.39, 0.29) is 18.0 Å². The lowest BCUT2D eigenvalue weighted by molar-refractivity contribution is -0.136. The van der Waals surface area contributed by atoms with Gasteiger partial charge in [-0.3, -0.25) is 4.79 Å². The minimum absolute atomic E-state index is 0.230. The normalized spacial score (nSPS) is 15.2. The molecule has 2 aromatic heterocycles. The van der Waals surface area contributed by atoms with Gasteiger partial charge in [0.1, 0.15) is 5.76 Å². The predicted molar refractivity (Wildman–Crippen MR) is 122 cm³/mol. The van der Waals surface area contributed by atoms with Gasteiger partial charge in [0, 0.05) is 17.1 Å². The van der Waals surface area contributed by atoms with Gasteiger partial charge in [0.25, 0.3) is 5.91 Å². The van der Waals surface area contributed by atoms with Crippen LogP contribution < -0.4 is 0 Å². The van der Waals surface area contributed by atoms with Gasteiger partial charge in [-0.1, -0.05) is 23.7 Å². The Morgan fingerprint density at radius 3 is 2.56 bits per heavy atom. The lowest BCUT2D eigenvalue weighted by Gasteiger charge is -2.16.